The van der Waals surface area contributed by atoms with Crippen molar-refractivity contribution < 1.29 is 33.3 Å². The van der Waals surface area contributed by atoms with Gasteiger partial charge in [-0.3, -0.25) is 0 Å². The molecule has 0 aliphatic heterocycles. The predicted octanol–water partition coefficient (Wildman–Crippen LogP) is -1.98. The molecule has 1 amide bonds. The van der Waals surface area contributed by atoms with Gasteiger partial charge in [0.05, 0.1) is 7.05 Å². The van der Waals surface area contributed by atoms with Crippen LogP contribution >= 0.6 is 0 Å². The van der Waals surface area contributed by atoms with Crippen molar-refractivity contribution in [1.82, 2.24) is 9.47 Å². The predicted molar refractivity (Wildman–Crippen MR) is 53.9 cm³/mol. The summed E-state index contributed by atoms with van der Waals surface area (Å²) in [7, 11) is 3.70. The van der Waals surface area contributed by atoms with Gasteiger partial charge in [0.15, 0.2) is 0 Å². The lowest BCUT2D eigenvalue weighted by Crippen LogP contribution is -3.00. The van der Waals surface area contributed by atoms with Gasteiger partial charge < -0.3 is 28.9 Å². The van der Waals surface area contributed by atoms with E-state index < -0.39 is 0 Å². The first-order valence-corrected chi connectivity index (χ1v) is 4.64. The molecule has 0 fully saturated rings. The summed E-state index contributed by atoms with van der Waals surface area (Å²) in [6.45, 7) is 6.02. The fraction of sp³-hybridized carbons (Fsp3) is 0.600. The van der Waals surface area contributed by atoms with E-state index in [0.29, 0.717) is 0 Å². The third kappa shape index (κ3) is 3.48. The summed E-state index contributed by atoms with van der Waals surface area (Å²) < 4.78 is 3.42. The van der Waals surface area contributed by atoms with Crippen LogP contribution in [0.5, 0.6) is 0 Å². The third-order valence-electron chi connectivity index (χ3n) is 2.28. The van der Waals surface area contributed by atoms with E-state index in [4.69, 9.17) is 0 Å². The summed E-state index contributed by atoms with van der Waals surface area (Å²) in [4.78, 5) is 13.6. The Kier molecular flexibility index (Phi) is 4.76. The van der Waals surface area contributed by atoms with Crippen LogP contribution in [-0.2, 0) is 7.05 Å². The van der Waals surface area contributed by atoms with E-state index in [9.17, 15) is 4.79 Å². The minimum atomic E-state index is -0.153. The van der Waals surface area contributed by atoms with Gasteiger partial charge in [0.1, 0.15) is 12.4 Å². The lowest BCUT2D eigenvalue weighted by molar-refractivity contribution is -0.670. The number of hydrogen-bond acceptors (Lipinski definition) is 1. The Balaban J connectivity index is 0.00000196. The average Bonchev–Trinajstić information content (AvgIpc) is 2.47. The molecule has 0 atom stereocenters. The van der Waals surface area contributed by atoms with Crippen LogP contribution in [0.3, 0.4) is 0 Å². The molecule has 4 nitrogen and oxygen atoms in total. The zero-order chi connectivity index (χ0) is 10.9. The van der Waals surface area contributed by atoms with Crippen LogP contribution in [-0.4, -0.2) is 28.1 Å². The van der Waals surface area contributed by atoms with E-state index in [0.717, 1.165) is 0 Å². The number of amides is 1. The van der Waals surface area contributed by atoms with E-state index >= 15 is 0 Å². The van der Waals surface area contributed by atoms with Gasteiger partial charge in [0.2, 0.25) is 0 Å². The molecular formula is C10H18IN3O. The summed E-state index contributed by atoms with van der Waals surface area (Å²) in [5.74, 6) is 0. The van der Waals surface area contributed by atoms with Crippen LogP contribution in [0.4, 0.5) is 4.79 Å². The first-order valence-electron chi connectivity index (χ1n) is 4.64. The topological polar surface area (TPSA) is 29.1 Å². The van der Waals surface area contributed by atoms with Crippen molar-refractivity contribution in [2.45, 2.75) is 26.3 Å². The van der Waals surface area contributed by atoms with Crippen LogP contribution in [0.25, 0.3) is 0 Å². The minimum absolute atomic E-state index is 0. The van der Waals surface area contributed by atoms with Gasteiger partial charge >= 0.3 is 6.03 Å². The van der Waals surface area contributed by atoms with E-state index in [1.54, 1.807) is 22.0 Å². The van der Waals surface area contributed by atoms with Crippen LogP contribution in [0, 0.1) is 0 Å². The molecule has 0 aliphatic rings. The second kappa shape index (κ2) is 4.96. The molecule has 0 aliphatic carbocycles. The van der Waals surface area contributed by atoms with Gasteiger partial charge in [-0.1, -0.05) is 0 Å². The lowest BCUT2D eigenvalue weighted by Gasteiger charge is -2.29. The average molecular weight is 323 g/mol. The van der Waals surface area contributed by atoms with Crippen LogP contribution in [0.2, 0.25) is 0 Å². The highest BCUT2D eigenvalue weighted by Gasteiger charge is 2.26. The highest BCUT2D eigenvalue weighted by molar-refractivity contribution is 5.76. The molecule has 0 N–H and O–H groups in total. The van der Waals surface area contributed by atoms with Crippen molar-refractivity contribution in [2.75, 3.05) is 7.05 Å². The normalized spacial score (nSPS) is 10.7. The van der Waals surface area contributed by atoms with Crippen molar-refractivity contribution in [3.8, 4) is 0 Å². The molecule has 15 heavy (non-hydrogen) atoms. The van der Waals surface area contributed by atoms with Crippen molar-refractivity contribution in [3.63, 3.8) is 0 Å². The molecule has 5 heteroatoms. The summed E-state index contributed by atoms with van der Waals surface area (Å²) in [5, 5.41) is 0. The molecule has 0 spiro atoms. The number of aryl methyl sites for hydroxylation is 1. The van der Waals surface area contributed by atoms with Crippen molar-refractivity contribution in [1.29, 1.82) is 0 Å². The Bertz CT molecular complexity index is 341. The lowest BCUT2D eigenvalue weighted by atomic mass is 10.1. The molecule has 0 aromatic carbocycles. The van der Waals surface area contributed by atoms with Crippen molar-refractivity contribution in [3.05, 3.63) is 18.7 Å². The second-order valence-electron chi connectivity index (χ2n) is 4.50. The number of nitrogens with zero attached hydrogens (tertiary/aromatic N) is 3. The van der Waals surface area contributed by atoms with Gasteiger partial charge in [-0.2, -0.15) is 4.57 Å². The molecule has 1 aromatic rings. The Morgan fingerprint density at radius 3 is 2.27 bits per heavy atom. The van der Waals surface area contributed by atoms with Gasteiger partial charge in [-0.15, -0.1) is 0 Å². The number of aromatic nitrogens is 2. The number of halogens is 1. The molecule has 1 heterocycles. The number of carbonyl (C=O) groups is 1. The number of hydrogen-bond donors (Lipinski definition) is 0. The standard InChI is InChI=1S/C10H18N3O.HI/c1-10(2,3)12(5)9(14)13-7-6-11(4)8-13;/h6-8H,1-5H3;1H/q+1;/p-1. The fourth-order valence-corrected chi connectivity index (χ4v) is 1.02. The van der Waals surface area contributed by atoms with Crippen LogP contribution in [0.1, 0.15) is 20.8 Å². The van der Waals surface area contributed by atoms with Crippen molar-refractivity contribution in [2.24, 2.45) is 7.05 Å². The maximum atomic E-state index is 11.9. The maximum absolute atomic E-state index is 11.9. The van der Waals surface area contributed by atoms with Gasteiger partial charge in [0, 0.05) is 12.6 Å². The number of imidazole rings is 1. The SMILES string of the molecule is CN(C(=O)n1cc[n+](C)c1)C(C)(C)C.[I-]. The van der Waals surface area contributed by atoms with Gasteiger partial charge in [0.25, 0.3) is 6.33 Å². The van der Waals surface area contributed by atoms with Gasteiger partial charge in [-0.05, 0) is 20.8 Å². The Labute approximate surface area is 108 Å². The summed E-state index contributed by atoms with van der Waals surface area (Å²) in [6, 6.07) is -0.0156. The molecule has 1 aromatic heterocycles. The quantitative estimate of drug-likeness (QED) is 0.402. The first-order chi connectivity index (χ1) is 6.32. The highest BCUT2D eigenvalue weighted by Crippen LogP contribution is 2.11. The van der Waals surface area contributed by atoms with E-state index in [1.165, 1.54) is 0 Å². The van der Waals surface area contributed by atoms with Crippen LogP contribution < -0.4 is 28.5 Å². The Morgan fingerprint density at radius 1 is 1.40 bits per heavy atom. The number of carbonyl (C=O) groups excluding carboxylic acids is 1. The molecule has 1 rings (SSSR count). The zero-order valence-electron chi connectivity index (χ0n) is 9.86. The summed E-state index contributed by atoms with van der Waals surface area (Å²) in [5.41, 5.74) is -0.153. The summed E-state index contributed by atoms with van der Waals surface area (Å²) in [6.07, 6.45) is 5.35. The van der Waals surface area contributed by atoms with Crippen molar-refractivity contribution >= 4 is 6.03 Å². The highest BCUT2D eigenvalue weighted by atomic mass is 127. The van der Waals surface area contributed by atoms with Crippen LogP contribution in [0.15, 0.2) is 18.7 Å². The monoisotopic (exact) mass is 323 g/mol. The summed E-state index contributed by atoms with van der Waals surface area (Å²) >= 11 is 0. The second-order valence-corrected chi connectivity index (χ2v) is 4.50. The molecule has 0 bridgehead atoms. The Morgan fingerprint density at radius 2 is 1.93 bits per heavy atom. The zero-order valence-corrected chi connectivity index (χ0v) is 12.0. The maximum Gasteiger partial charge on any atom is 0.415 e. The van der Waals surface area contributed by atoms with E-state index in [-0.39, 0.29) is 35.5 Å². The van der Waals surface area contributed by atoms with Gasteiger partial charge in [-0.25, -0.2) is 9.36 Å². The largest absolute Gasteiger partial charge is 1.00 e. The molecule has 0 saturated carbocycles. The third-order valence-corrected chi connectivity index (χ3v) is 2.28. The molecule has 0 saturated heterocycles. The Hall–Kier alpha value is -0.590. The molecular weight excluding hydrogens is 305 g/mol. The smallest absolute Gasteiger partial charge is 0.415 e. The van der Waals surface area contributed by atoms with E-state index in [1.807, 2.05) is 45.6 Å². The number of rotatable bonds is 0. The first kappa shape index (κ1) is 14.4. The minimum Gasteiger partial charge on any atom is -1.00 e. The van der Waals surface area contributed by atoms with E-state index in [2.05, 4.69) is 0 Å². The molecule has 0 unspecified atom stereocenters. The fourth-order valence-electron chi connectivity index (χ4n) is 1.02. The molecule has 0 radical (unpaired) electrons. The molecule has 86 valence electrons.